The summed E-state index contributed by atoms with van der Waals surface area (Å²) < 4.78 is 0. The molecule has 0 aliphatic carbocycles. The summed E-state index contributed by atoms with van der Waals surface area (Å²) in [5, 5.41) is 11.2. The van der Waals surface area contributed by atoms with Crippen molar-refractivity contribution in [2.24, 2.45) is 0 Å². The second-order valence-corrected chi connectivity index (χ2v) is 5.51. The van der Waals surface area contributed by atoms with Crippen molar-refractivity contribution < 1.29 is 9.90 Å². The molecule has 0 spiro atoms. The summed E-state index contributed by atoms with van der Waals surface area (Å²) in [6.45, 7) is 1.63. The zero-order valence-electron chi connectivity index (χ0n) is 10.8. The van der Waals surface area contributed by atoms with Crippen LogP contribution in [0.3, 0.4) is 0 Å². The highest BCUT2D eigenvalue weighted by atomic mass is 32.2. The second kappa shape index (κ2) is 6.43. The molecule has 0 heterocycles. The summed E-state index contributed by atoms with van der Waals surface area (Å²) >= 11 is 1.75. The largest absolute Gasteiger partial charge is 0.478 e. The summed E-state index contributed by atoms with van der Waals surface area (Å²) in [6.07, 6.45) is 2.55. The molecule has 2 aromatic rings. The highest BCUT2D eigenvalue weighted by Crippen LogP contribution is 2.24. The molecular weight excluding hydrogens is 256 g/mol. The maximum absolute atomic E-state index is 10.6. The number of fused-ring (bicyclic) bond motifs is 1. The number of hydrogen-bond acceptors (Lipinski definition) is 2. The van der Waals surface area contributed by atoms with Gasteiger partial charge in [-0.15, -0.1) is 11.8 Å². The van der Waals surface area contributed by atoms with Gasteiger partial charge in [-0.25, -0.2) is 4.79 Å². The number of thioether (sulfide) groups is 1. The number of carboxylic acids is 1. The Hall–Kier alpha value is -1.74. The van der Waals surface area contributed by atoms with E-state index in [4.69, 9.17) is 5.11 Å². The van der Waals surface area contributed by atoms with E-state index in [0.717, 1.165) is 12.2 Å². The van der Waals surface area contributed by atoms with Crippen molar-refractivity contribution in [3.05, 3.63) is 54.1 Å². The highest BCUT2D eigenvalue weighted by molar-refractivity contribution is 7.99. The fourth-order valence-electron chi connectivity index (χ4n) is 1.80. The van der Waals surface area contributed by atoms with Crippen molar-refractivity contribution >= 4 is 28.5 Å². The average Bonchev–Trinajstić information content (AvgIpc) is 2.43. The van der Waals surface area contributed by atoms with Crippen molar-refractivity contribution in [2.45, 2.75) is 18.2 Å². The third-order valence-corrected chi connectivity index (χ3v) is 3.92. The van der Waals surface area contributed by atoms with E-state index < -0.39 is 5.97 Å². The topological polar surface area (TPSA) is 37.3 Å². The summed E-state index contributed by atoms with van der Waals surface area (Å²) in [7, 11) is 0. The summed E-state index contributed by atoms with van der Waals surface area (Å²) in [6, 6.07) is 14.7. The number of rotatable bonds is 5. The van der Waals surface area contributed by atoms with Gasteiger partial charge in [-0.3, -0.25) is 0 Å². The van der Waals surface area contributed by atoms with E-state index in [-0.39, 0.29) is 0 Å². The summed E-state index contributed by atoms with van der Waals surface area (Å²) in [5.41, 5.74) is 0.416. The predicted molar refractivity (Wildman–Crippen MR) is 80.7 cm³/mol. The maximum atomic E-state index is 10.6. The van der Waals surface area contributed by atoms with Crippen LogP contribution in [-0.4, -0.2) is 16.8 Å². The molecule has 0 aromatic heterocycles. The SMILES string of the molecule is CC(=CCCSc1ccc2ccccc2c1)C(=O)O. The number of aliphatic carboxylic acids is 1. The Labute approximate surface area is 117 Å². The average molecular weight is 272 g/mol. The first-order valence-corrected chi connectivity index (χ1v) is 7.17. The van der Waals surface area contributed by atoms with Crippen LogP contribution < -0.4 is 0 Å². The number of carbonyl (C=O) groups is 1. The molecule has 98 valence electrons. The van der Waals surface area contributed by atoms with Gasteiger partial charge in [-0.05, 0) is 36.2 Å². The third kappa shape index (κ3) is 3.86. The Morgan fingerprint density at radius 1 is 1.21 bits per heavy atom. The van der Waals surface area contributed by atoms with Gasteiger partial charge < -0.3 is 5.11 Å². The van der Waals surface area contributed by atoms with Crippen LogP contribution in [0.25, 0.3) is 10.8 Å². The minimum atomic E-state index is -0.837. The van der Waals surface area contributed by atoms with Crippen molar-refractivity contribution in [2.75, 3.05) is 5.75 Å². The standard InChI is InChI=1S/C16H16O2S/c1-12(16(17)18)5-4-10-19-15-9-8-13-6-2-3-7-14(13)11-15/h2-3,5-9,11H,4,10H2,1H3,(H,17,18). The number of hydrogen-bond donors (Lipinski definition) is 1. The minimum absolute atomic E-state index is 0.416. The third-order valence-electron chi connectivity index (χ3n) is 2.90. The van der Waals surface area contributed by atoms with Gasteiger partial charge in [0.15, 0.2) is 0 Å². The second-order valence-electron chi connectivity index (χ2n) is 4.34. The van der Waals surface area contributed by atoms with Crippen molar-refractivity contribution in [3.63, 3.8) is 0 Å². The number of benzene rings is 2. The lowest BCUT2D eigenvalue weighted by Crippen LogP contribution is -1.95. The molecule has 2 rings (SSSR count). The molecule has 0 saturated heterocycles. The Bertz CT molecular complexity index is 617. The Kier molecular flexibility index (Phi) is 4.63. The van der Waals surface area contributed by atoms with Crippen molar-refractivity contribution in [1.29, 1.82) is 0 Å². The molecule has 1 N–H and O–H groups in total. The van der Waals surface area contributed by atoms with Crippen LogP contribution in [0.1, 0.15) is 13.3 Å². The molecule has 0 radical (unpaired) electrons. The smallest absolute Gasteiger partial charge is 0.330 e. The Morgan fingerprint density at radius 2 is 1.95 bits per heavy atom. The van der Waals surface area contributed by atoms with E-state index in [9.17, 15) is 4.79 Å². The van der Waals surface area contributed by atoms with E-state index in [0.29, 0.717) is 5.57 Å². The van der Waals surface area contributed by atoms with Gasteiger partial charge in [0, 0.05) is 16.2 Å². The monoisotopic (exact) mass is 272 g/mol. The van der Waals surface area contributed by atoms with Crippen LogP contribution in [0, 0.1) is 0 Å². The molecule has 0 fully saturated rings. The first-order chi connectivity index (χ1) is 9.16. The molecule has 2 aromatic carbocycles. The van der Waals surface area contributed by atoms with Gasteiger partial charge in [0.25, 0.3) is 0 Å². The predicted octanol–water partition coefficient (Wildman–Crippen LogP) is 4.35. The Morgan fingerprint density at radius 3 is 2.68 bits per heavy atom. The van der Waals surface area contributed by atoms with E-state index in [1.54, 1.807) is 24.8 Å². The van der Waals surface area contributed by atoms with Gasteiger partial charge in [-0.2, -0.15) is 0 Å². The summed E-state index contributed by atoms with van der Waals surface area (Å²) in [4.78, 5) is 11.9. The first kappa shape index (κ1) is 13.7. The van der Waals surface area contributed by atoms with Gasteiger partial charge in [0.2, 0.25) is 0 Å². The molecule has 0 saturated carbocycles. The molecule has 0 bridgehead atoms. The zero-order chi connectivity index (χ0) is 13.7. The lowest BCUT2D eigenvalue weighted by atomic mass is 10.1. The van der Waals surface area contributed by atoms with E-state index in [1.165, 1.54) is 15.7 Å². The van der Waals surface area contributed by atoms with Crippen molar-refractivity contribution in [3.8, 4) is 0 Å². The minimum Gasteiger partial charge on any atom is -0.478 e. The van der Waals surface area contributed by atoms with E-state index >= 15 is 0 Å². The van der Waals surface area contributed by atoms with Crippen LogP contribution in [-0.2, 0) is 4.79 Å². The van der Waals surface area contributed by atoms with Crippen LogP contribution >= 0.6 is 11.8 Å². The maximum Gasteiger partial charge on any atom is 0.330 e. The van der Waals surface area contributed by atoms with Crippen molar-refractivity contribution in [1.82, 2.24) is 0 Å². The molecule has 3 heteroatoms. The fourth-order valence-corrected chi connectivity index (χ4v) is 2.64. The molecule has 19 heavy (non-hydrogen) atoms. The number of allylic oxidation sites excluding steroid dienone is 1. The molecule has 0 aliphatic heterocycles. The van der Waals surface area contributed by atoms with Gasteiger partial charge in [0.1, 0.15) is 0 Å². The summed E-state index contributed by atoms with van der Waals surface area (Å²) in [5.74, 6) is 0.0545. The van der Waals surface area contributed by atoms with Gasteiger partial charge in [0.05, 0.1) is 0 Å². The molecule has 0 amide bonds. The fraction of sp³-hybridized carbons (Fsp3) is 0.188. The first-order valence-electron chi connectivity index (χ1n) is 6.18. The van der Waals surface area contributed by atoms with E-state index in [2.05, 4.69) is 30.3 Å². The lowest BCUT2D eigenvalue weighted by Gasteiger charge is -2.02. The molecule has 2 nitrogen and oxygen atoms in total. The molecule has 0 aliphatic rings. The molecule has 0 unspecified atom stereocenters. The van der Waals surface area contributed by atoms with Crippen LogP contribution in [0.2, 0.25) is 0 Å². The Balaban J connectivity index is 1.95. The zero-order valence-corrected chi connectivity index (χ0v) is 11.6. The number of carboxylic acid groups (broad SMARTS) is 1. The van der Waals surface area contributed by atoms with Gasteiger partial charge >= 0.3 is 5.97 Å². The molecule has 0 atom stereocenters. The van der Waals surface area contributed by atoms with Gasteiger partial charge in [-0.1, -0.05) is 36.4 Å². The lowest BCUT2D eigenvalue weighted by molar-refractivity contribution is -0.132. The normalized spacial score (nSPS) is 11.7. The quantitative estimate of drug-likeness (QED) is 0.499. The van der Waals surface area contributed by atoms with Crippen LogP contribution in [0.4, 0.5) is 0 Å². The molecular formula is C16H16O2S. The van der Waals surface area contributed by atoms with Crippen LogP contribution in [0.5, 0.6) is 0 Å². The van der Waals surface area contributed by atoms with E-state index in [1.807, 2.05) is 12.1 Å². The van der Waals surface area contributed by atoms with Crippen LogP contribution in [0.15, 0.2) is 59.0 Å². The highest BCUT2D eigenvalue weighted by Gasteiger charge is 1.99.